The van der Waals surface area contributed by atoms with Gasteiger partial charge in [0.1, 0.15) is 11.4 Å². The molecule has 0 aromatic carbocycles. The second-order valence-electron chi connectivity index (χ2n) is 11.2. The van der Waals surface area contributed by atoms with Crippen molar-refractivity contribution in [2.24, 2.45) is 5.41 Å². The van der Waals surface area contributed by atoms with Crippen molar-refractivity contribution in [3.05, 3.63) is 18.1 Å². The van der Waals surface area contributed by atoms with Gasteiger partial charge in [-0.05, 0) is 47.5 Å². The molecule has 12 heteroatoms. The molecule has 1 N–H and O–H groups in total. The second-order valence-corrected chi connectivity index (χ2v) is 11.2. The lowest BCUT2D eigenvalue weighted by molar-refractivity contribution is -0.141. The number of alkyl halides is 3. The van der Waals surface area contributed by atoms with Gasteiger partial charge >= 0.3 is 18.3 Å². The summed E-state index contributed by atoms with van der Waals surface area (Å²) in [6.45, 7) is 11.5. The lowest BCUT2D eigenvalue weighted by Crippen LogP contribution is -2.69. The van der Waals surface area contributed by atoms with E-state index in [9.17, 15) is 22.8 Å². The largest absolute Gasteiger partial charge is 0.444 e. The molecule has 35 heavy (non-hydrogen) atoms. The Hall–Kier alpha value is -2.79. The number of hydrogen-bond acceptors (Lipinski definition) is 6. The molecule has 1 saturated carbocycles. The zero-order valence-electron chi connectivity index (χ0n) is 20.7. The molecule has 2 atom stereocenters. The number of rotatable bonds is 2. The van der Waals surface area contributed by atoms with Gasteiger partial charge < -0.3 is 24.8 Å². The van der Waals surface area contributed by atoms with Gasteiger partial charge in [-0.25, -0.2) is 19.6 Å². The van der Waals surface area contributed by atoms with Crippen LogP contribution in [0.1, 0.15) is 53.2 Å². The van der Waals surface area contributed by atoms with Crippen molar-refractivity contribution < 1.29 is 27.5 Å². The Kier molecular flexibility index (Phi) is 6.29. The van der Waals surface area contributed by atoms with E-state index in [-0.39, 0.29) is 35.7 Å². The minimum atomic E-state index is -4.53. The molecule has 1 aromatic heterocycles. The summed E-state index contributed by atoms with van der Waals surface area (Å²) in [4.78, 5) is 38.0. The number of ether oxygens (including phenoxy) is 1. The molecule has 1 aliphatic carbocycles. The minimum absolute atomic E-state index is 0.0569. The van der Waals surface area contributed by atoms with E-state index in [1.807, 2.05) is 39.5 Å². The number of halogens is 3. The van der Waals surface area contributed by atoms with Crippen LogP contribution in [0, 0.1) is 5.41 Å². The normalized spacial score (nSPS) is 24.6. The SMILES string of the molecule is C[C@@H]1CN(c2cnc(C(F)(F)F)cn2)C[C@H](C)N1C(=O)NC1CC2(C1)CN(C(=O)OC(C)(C)C)C2. The zero-order valence-corrected chi connectivity index (χ0v) is 20.7. The Labute approximate surface area is 203 Å². The van der Waals surface area contributed by atoms with Crippen LogP contribution >= 0.6 is 0 Å². The molecule has 4 rings (SSSR count). The molecule has 3 heterocycles. The molecule has 0 unspecified atom stereocenters. The Bertz CT molecular complexity index is 939. The lowest BCUT2D eigenvalue weighted by Gasteiger charge is -2.59. The summed E-state index contributed by atoms with van der Waals surface area (Å²) in [6.07, 6.45) is -1.32. The highest BCUT2D eigenvalue weighted by Gasteiger charge is 2.55. The number of aromatic nitrogens is 2. The van der Waals surface area contributed by atoms with E-state index in [2.05, 4.69) is 15.3 Å². The minimum Gasteiger partial charge on any atom is -0.444 e. The van der Waals surface area contributed by atoms with Crippen LogP contribution in [-0.4, -0.2) is 81.8 Å². The van der Waals surface area contributed by atoms with Crippen molar-refractivity contribution in [1.29, 1.82) is 0 Å². The average Bonchev–Trinajstić information content (AvgIpc) is 2.66. The lowest BCUT2D eigenvalue weighted by atomic mass is 9.61. The van der Waals surface area contributed by atoms with Crippen molar-refractivity contribution in [3.63, 3.8) is 0 Å². The maximum absolute atomic E-state index is 13.0. The molecular weight excluding hydrogens is 465 g/mol. The van der Waals surface area contributed by atoms with E-state index in [4.69, 9.17) is 4.74 Å². The van der Waals surface area contributed by atoms with Gasteiger partial charge in [0.05, 0.1) is 12.4 Å². The van der Waals surface area contributed by atoms with Crippen LogP contribution in [0.4, 0.5) is 28.6 Å². The number of carbonyl (C=O) groups is 2. The van der Waals surface area contributed by atoms with Crippen molar-refractivity contribution in [2.45, 2.75) is 77.4 Å². The molecule has 3 aliphatic rings. The smallest absolute Gasteiger partial charge is 0.434 e. The fraction of sp³-hybridized carbons (Fsp3) is 0.739. The Morgan fingerprint density at radius 2 is 1.66 bits per heavy atom. The number of amides is 3. The Balaban J connectivity index is 1.25. The van der Waals surface area contributed by atoms with Gasteiger partial charge in [0.15, 0.2) is 5.69 Å². The predicted molar refractivity (Wildman–Crippen MR) is 122 cm³/mol. The number of nitrogens with one attached hydrogen (secondary N) is 1. The number of likely N-dealkylation sites (tertiary alicyclic amines) is 1. The van der Waals surface area contributed by atoms with Crippen molar-refractivity contribution >= 4 is 17.9 Å². The molecule has 1 spiro atoms. The summed E-state index contributed by atoms with van der Waals surface area (Å²) in [5.41, 5.74) is -1.49. The summed E-state index contributed by atoms with van der Waals surface area (Å²) in [7, 11) is 0. The molecule has 2 saturated heterocycles. The third-order valence-corrected chi connectivity index (χ3v) is 6.80. The summed E-state index contributed by atoms with van der Waals surface area (Å²) < 4.78 is 43.7. The van der Waals surface area contributed by atoms with Crippen molar-refractivity contribution in [3.8, 4) is 0 Å². The van der Waals surface area contributed by atoms with Gasteiger partial charge in [-0.2, -0.15) is 13.2 Å². The van der Waals surface area contributed by atoms with E-state index < -0.39 is 17.5 Å². The Morgan fingerprint density at radius 3 is 2.14 bits per heavy atom. The third kappa shape index (κ3) is 5.40. The maximum Gasteiger partial charge on any atom is 0.434 e. The number of hydrogen-bond donors (Lipinski definition) is 1. The van der Waals surface area contributed by atoms with Gasteiger partial charge in [-0.15, -0.1) is 0 Å². The highest BCUT2D eigenvalue weighted by Crippen LogP contribution is 2.48. The van der Waals surface area contributed by atoms with E-state index in [0.717, 1.165) is 25.2 Å². The maximum atomic E-state index is 13.0. The van der Waals surface area contributed by atoms with Gasteiger partial charge in [0.25, 0.3) is 0 Å². The molecule has 2 aliphatic heterocycles. The number of anilines is 1. The summed E-state index contributed by atoms with van der Waals surface area (Å²) in [6, 6.07) is -0.417. The topological polar surface area (TPSA) is 90.9 Å². The quantitative estimate of drug-likeness (QED) is 0.671. The van der Waals surface area contributed by atoms with Gasteiger partial charge in [0.2, 0.25) is 0 Å². The van der Waals surface area contributed by atoms with E-state index in [1.165, 1.54) is 0 Å². The Morgan fingerprint density at radius 1 is 1.06 bits per heavy atom. The monoisotopic (exact) mass is 498 g/mol. The number of piperazine rings is 1. The summed E-state index contributed by atoms with van der Waals surface area (Å²) in [5, 5.41) is 3.11. The van der Waals surface area contributed by atoms with Crippen LogP contribution in [0.25, 0.3) is 0 Å². The first kappa shape index (κ1) is 25.3. The van der Waals surface area contributed by atoms with Gasteiger partial charge in [-0.1, -0.05) is 0 Å². The molecule has 9 nitrogen and oxygen atoms in total. The van der Waals surface area contributed by atoms with Crippen LogP contribution in [0.2, 0.25) is 0 Å². The molecule has 3 amide bonds. The highest BCUT2D eigenvalue weighted by molar-refractivity contribution is 5.76. The highest BCUT2D eigenvalue weighted by atomic mass is 19.4. The van der Waals surface area contributed by atoms with E-state index in [0.29, 0.717) is 32.0 Å². The summed E-state index contributed by atoms with van der Waals surface area (Å²) >= 11 is 0. The average molecular weight is 499 g/mol. The predicted octanol–water partition coefficient (Wildman–Crippen LogP) is 3.50. The molecule has 3 fully saturated rings. The van der Waals surface area contributed by atoms with E-state index in [1.54, 1.807) is 9.80 Å². The molecular formula is C23H33F3N6O3. The first-order chi connectivity index (χ1) is 16.2. The first-order valence-electron chi connectivity index (χ1n) is 11.9. The van der Waals surface area contributed by atoms with Gasteiger partial charge in [0, 0.05) is 49.7 Å². The molecule has 1 aromatic rings. The fourth-order valence-electron chi connectivity index (χ4n) is 5.36. The van der Waals surface area contributed by atoms with Crippen molar-refractivity contribution in [1.82, 2.24) is 25.1 Å². The second kappa shape index (κ2) is 8.70. The number of nitrogens with zero attached hydrogens (tertiary/aromatic N) is 5. The van der Waals surface area contributed by atoms with Crippen LogP contribution in [0.3, 0.4) is 0 Å². The van der Waals surface area contributed by atoms with Crippen LogP contribution < -0.4 is 10.2 Å². The van der Waals surface area contributed by atoms with E-state index >= 15 is 0 Å². The number of carbonyl (C=O) groups excluding carboxylic acids is 2. The molecule has 0 radical (unpaired) electrons. The van der Waals surface area contributed by atoms with Crippen molar-refractivity contribution in [2.75, 3.05) is 31.1 Å². The number of urea groups is 1. The standard InChI is InChI=1S/C23H33F3N6O3/c1-14-10-30(18-9-27-17(8-28-18)23(24,25)26)11-15(2)32(14)19(33)29-16-6-22(7-16)12-31(13-22)20(34)35-21(3,4)5/h8-9,14-16H,6-7,10-13H2,1-5H3,(H,29,33)/t14-,15+. The third-order valence-electron chi connectivity index (χ3n) is 6.80. The molecule has 0 bridgehead atoms. The fourth-order valence-corrected chi connectivity index (χ4v) is 5.36. The van der Waals surface area contributed by atoms with Crippen LogP contribution in [0.5, 0.6) is 0 Å². The zero-order chi connectivity index (χ0) is 25.8. The van der Waals surface area contributed by atoms with Gasteiger partial charge in [-0.3, -0.25) is 0 Å². The summed E-state index contributed by atoms with van der Waals surface area (Å²) in [5.74, 6) is 0.359. The van der Waals surface area contributed by atoms with Crippen LogP contribution in [-0.2, 0) is 10.9 Å². The first-order valence-corrected chi connectivity index (χ1v) is 11.9. The van der Waals surface area contributed by atoms with Crippen LogP contribution in [0.15, 0.2) is 12.4 Å². The molecule has 194 valence electrons.